The van der Waals surface area contributed by atoms with E-state index in [-0.39, 0.29) is 5.15 Å². The molecule has 0 bridgehead atoms. The SMILES string of the molecule is O=c1nc2ccc(Cl)nc2c(Cl)[nH]1. The molecule has 0 aromatic carbocycles. The van der Waals surface area contributed by atoms with Gasteiger partial charge in [-0.2, -0.15) is 4.98 Å². The largest absolute Gasteiger partial charge is 0.346 e. The van der Waals surface area contributed by atoms with Gasteiger partial charge >= 0.3 is 5.69 Å². The zero-order valence-electron chi connectivity index (χ0n) is 6.21. The third-order valence-corrected chi connectivity index (χ3v) is 1.97. The molecule has 0 unspecified atom stereocenters. The molecule has 0 aliphatic heterocycles. The predicted octanol–water partition coefficient (Wildman–Crippen LogP) is 1.62. The Labute approximate surface area is 82.5 Å². The van der Waals surface area contributed by atoms with Crippen molar-refractivity contribution < 1.29 is 0 Å². The van der Waals surface area contributed by atoms with Crippen LogP contribution in [0.1, 0.15) is 0 Å². The van der Waals surface area contributed by atoms with E-state index in [9.17, 15) is 4.79 Å². The van der Waals surface area contributed by atoms with Gasteiger partial charge in [-0.25, -0.2) is 9.78 Å². The fourth-order valence-electron chi connectivity index (χ4n) is 0.970. The lowest BCUT2D eigenvalue weighted by Gasteiger charge is -1.97. The Hall–Kier alpha value is -1.13. The van der Waals surface area contributed by atoms with Crippen LogP contribution >= 0.6 is 23.2 Å². The van der Waals surface area contributed by atoms with Gasteiger partial charge in [0.1, 0.15) is 15.8 Å². The molecule has 0 aliphatic carbocycles. The van der Waals surface area contributed by atoms with E-state index in [1.807, 2.05) is 0 Å². The summed E-state index contributed by atoms with van der Waals surface area (Å²) >= 11 is 11.4. The van der Waals surface area contributed by atoms with E-state index in [1.165, 1.54) is 0 Å². The maximum atomic E-state index is 10.9. The molecule has 0 saturated carbocycles. The molecule has 13 heavy (non-hydrogen) atoms. The highest BCUT2D eigenvalue weighted by Crippen LogP contribution is 2.17. The molecule has 6 heteroatoms. The first kappa shape index (κ1) is 8.47. The molecular weight excluding hydrogens is 213 g/mol. The Morgan fingerprint density at radius 2 is 2.00 bits per heavy atom. The van der Waals surface area contributed by atoms with Crippen LogP contribution in [-0.2, 0) is 0 Å². The fraction of sp³-hybridized carbons (Fsp3) is 0. The van der Waals surface area contributed by atoms with Crippen LogP contribution in [0.5, 0.6) is 0 Å². The normalized spacial score (nSPS) is 10.6. The fourth-order valence-corrected chi connectivity index (χ4v) is 1.34. The van der Waals surface area contributed by atoms with E-state index in [1.54, 1.807) is 12.1 Å². The van der Waals surface area contributed by atoms with E-state index in [0.29, 0.717) is 16.2 Å². The molecular formula is C7H3Cl2N3O. The lowest BCUT2D eigenvalue weighted by Crippen LogP contribution is -2.10. The van der Waals surface area contributed by atoms with Crippen LogP contribution < -0.4 is 5.69 Å². The van der Waals surface area contributed by atoms with Gasteiger partial charge in [-0.15, -0.1) is 0 Å². The van der Waals surface area contributed by atoms with Crippen molar-refractivity contribution in [2.24, 2.45) is 0 Å². The monoisotopic (exact) mass is 215 g/mol. The smallest absolute Gasteiger partial charge is 0.294 e. The Morgan fingerprint density at radius 1 is 1.23 bits per heavy atom. The van der Waals surface area contributed by atoms with Crippen LogP contribution in [0.2, 0.25) is 10.3 Å². The van der Waals surface area contributed by atoms with Gasteiger partial charge in [0, 0.05) is 0 Å². The summed E-state index contributed by atoms with van der Waals surface area (Å²) in [6, 6.07) is 3.14. The number of pyridine rings is 1. The van der Waals surface area contributed by atoms with E-state index >= 15 is 0 Å². The Bertz CT molecular complexity index is 523. The number of hydrogen-bond donors (Lipinski definition) is 1. The summed E-state index contributed by atoms with van der Waals surface area (Å²) in [5.41, 5.74) is 0.327. The number of nitrogens with one attached hydrogen (secondary N) is 1. The minimum absolute atomic E-state index is 0.150. The molecule has 0 radical (unpaired) electrons. The first-order chi connectivity index (χ1) is 6.16. The molecule has 2 rings (SSSR count). The van der Waals surface area contributed by atoms with E-state index in [4.69, 9.17) is 23.2 Å². The molecule has 2 heterocycles. The number of fused-ring (bicyclic) bond motifs is 1. The average Bonchev–Trinajstić information content (AvgIpc) is 2.06. The van der Waals surface area contributed by atoms with Crippen molar-refractivity contribution in [3.8, 4) is 0 Å². The van der Waals surface area contributed by atoms with Crippen molar-refractivity contribution in [3.63, 3.8) is 0 Å². The highest BCUT2D eigenvalue weighted by Gasteiger charge is 2.03. The summed E-state index contributed by atoms with van der Waals surface area (Å²) in [5, 5.41) is 0.459. The first-order valence-electron chi connectivity index (χ1n) is 3.39. The van der Waals surface area contributed by atoms with E-state index in [0.717, 1.165) is 0 Å². The molecule has 0 spiro atoms. The molecule has 0 aliphatic rings. The van der Waals surface area contributed by atoms with E-state index < -0.39 is 5.69 Å². The molecule has 1 N–H and O–H groups in total. The van der Waals surface area contributed by atoms with Gasteiger partial charge < -0.3 is 0 Å². The maximum absolute atomic E-state index is 10.9. The van der Waals surface area contributed by atoms with Gasteiger partial charge in [-0.1, -0.05) is 23.2 Å². The number of hydrogen-bond acceptors (Lipinski definition) is 3. The zero-order valence-corrected chi connectivity index (χ0v) is 7.73. The molecule has 66 valence electrons. The maximum Gasteiger partial charge on any atom is 0.346 e. The van der Waals surface area contributed by atoms with Crippen LogP contribution in [0.25, 0.3) is 11.0 Å². The van der Waals surface area contributed by atoms with Gasteiger partial charge in [0.2, 0.25) is 0 Å². The number of aromatic nitrogens is 3. The topological polar surface area (TPSA) is 58.6 Å². The number of H-pyrrole nitrogens is 1. The number of rotatable bonds is 0. The standard InChI is InChI=1S/C7H3Cl2N3O/c8-4-2-1-3-5(11-4)6(9)12-7(13)10-3/h1-2H,(H,10,12,13). The number of aromatic amines is 1. The van der Waals surface area contributed by atoms with E-state index in [2.05, 4.69) is 15.0 Å². The molecule has 0 fully saturated rings. The lowest BCUT2D eigenvalue weighted by molar-refractivity contribution is 1.11. The highest BCUT2D eigenvalue weighted by molar-refractivity contribution is 6.34. The van der Waals surface area contributed by atoms with Crippen molar-refractivity contribution >= 4 is 34.2 Å². The average molecular weight is 216 g/mol. The van der Waals surface area contributed by atoms with Crippen LogP contribution in [0.4, 0.5) is 0 Å². The van der Waals surface area contributed by atoms with Crippen LogP contribution in [0.3, 0.4) is 0 Å². The summed E-state index contributed by atoms with van der Waals surface area (Å²) in [5.74, 6) is 0. The third-order valence-electron chi connectivity index (χ3n) is 1.49. The summed E-state index contributed by atoms with van der Waals surface area (Å²) < 4.78 is 0. The van der Waals surface area contributed by atoms with Crippen molar-refractivity contribution in [1.82, 2.24) is 15.0 Å². The second-order valence-electron chi connectivity index (χ2n) is 2.36. The highest BCUT2D eigenvalue weighted by atomic mass is 35.5. The summed E-state index contributed by atoms with van der Waals surface area (Å²) in [4.78, 5) is 20.8. The molecule has 0 atom stereocenters. The molecule has 0 amide bonds. The second-order valence-corrected chi connectivity index (χ2v) is 3.12. The van der Waals surface area contributed by atoms with Crippen molar-refractivity contribution in [3.05, 3.63) is 32.9 Å². The molecule has 2 aromatic heterocycles. The second kappa shape index (κ2) is 2.97. The van der Waals surface area contributed by atoms with Crippen LogP contribution in [0, 0.1) is 0 Å². The van der Waals surface area contributed by atoms with Crippen molar-refractivity contribution in [1.29, 1.82) is 0 Å². The summed E-state index contributed by atoms with van der Waals surface area (Å²) in [7, 11) is 0. The van der Waals surface area contributed by atoms with Crippen LogP contribution in [-0.4, -0.2) is 15.0 Å². The van der Waals surface area contributed by atoms with Crippen LogP contribution in [0.15, 0.2) is 16.9 Å². The van der Waals surface area contributed by atoms with Gasteiger partial charge in [0.15, 0.2) is 0 Å². The van der Waals surface area contributed by atoms with Gasteiger partial charge in [-0.05, 0) is 12.1 Å². The summed E-state index contributed by atoms with van der Waals surface area (Å²) in [6.07, 6.45) is 0. The zero-order chi connectivity index (χ0) is 9.42. The Kier molecular flexibility index (Phi) is 1.94. The lowest BCUT2D eigenvalue weighted by atomic mass is 10.4. The molecule has 0 saturated heterocycles. The first-order valence-corrected chi connectivity index (χ1v) is 4.14. The predicted molar refractivity (Wildman–Crippen MR) is 50.2 cm³/mol. The number of halogens is 2. The van der Waals surface area contributed by atoms with Crippen molar-refractivity contribution in [2.75, 3.05) is 0 Å². The van der Waals surface area contributed by atoms with Gasteiger partial charge in [0.05, 0.1) is 5.52 Å². The third kappa shape index (κ3) is 1.50. The van der Waals surface area contributed by atoms with Gasteiger partial charge in [0.25, 0.3) is 0 Å². The Balaban J connectivity index is 2.95. The minimum Gasteiger partial charge on any atom is -0.294 e. The van der Waals surface area contributed by atoms with Gasteiger partial charge in [-0.3, -0.25) is 4.98 Å². The Morgan fingerprint density at radius 3 is 2.77 bits per heavy atom. The molecule has 2 aromatic rings. The van der Waals surface area contributed by atoms with Crippen molar-refractivity contribution in [2.45, 2.75) is 0 Å². The number of nitrogens with zero attached hydrogens (tertiary/aromatic N) is 2. The quantitative estimate of drug-likeness (QED) is 0.537. The summed E-state index contributed by atoms with van der Waals surface area (Å²) in [6.45, 7) is 0. The minimum atomic E-state index is -0.498. The molecule has 4 nitrogen and oxygen atoms in total.